The van der Waals surface area contributed by atoms with Gasteiger partial charge in [-0.3, -0.25) is 9.59 Å². The van der Waals surface area contributed by atoms with Gasteiger partial charge in [0.05, 0.1) is 13.2 Å². The first-order valence-electron chi connectivity index (χ1n) is 21.0. The molecule has 0 unspecified atom stereocenters. The highest BCUT2D eigenvalue weighted by molar-refractivity contribution is 8.01. The van der Waals surface area contributed by atoms with Crippen molar-refractivity contribution in [2.24, 2.45) is 0 Å². The van der Waals surface area contributed by atoms with E-state index in [1.54, 1.807) is 0 Å². The minimum atomic E-state index is -0.353. The molecule has 0 aliphatic rings. The summed E-state index contributed by atoms with van der Waals surface area (Å²) in [6.45, 7) is 9.20. The Balaban J connectivity index is 3.49. The Bertz CT molecular complexity index is 601. The molecule has 0 saturated carbocycles. The first-order chi connectivity index (χ1) is 23.0. The molecular weight excluding hydrogens is 601 g/mol. The smallest absolute Gasteiger partial charge is 0.318 e. The van der Waals surface area contributed by atoms with Gasteiger partial charge >= 0.3 is 11.9 Å². The molecule has 0 fully saturated rings. The van der Waals surface area contributed by atoms with E-state index in [0.29, 0.717) is 13.2 Å². The minimum absolute atomic E-state index is 0.214. The molecule has 0 aliphatic heterocycles. The lowest BCUT2D eigenvalue weighted by atomic mass is 10.0. The number of rotatable bonds is 38. The molecule has 0 aromatic rings. The van der Waals surface area contributed by atoms with Crippen LogP contribution in [0.4, 0.5) is 0 Å². The van der Waals surface area contributed by atoms with Crippen LogP contribution < -0.4 is 0 Å². The maximum absolute atomic E-state index is 12.4. The second-order valence-electron chi connectivity index (χ2n) is 14.4. The predicted molar refractivity (Wildman–Crippen MR) is 208 cm³/mol. The Hall–Kier alpha value is -0.710. The van der Waals surface area contributed by atoms with Gasteiger partial charge in [0, 0.05) is 0 Å². The van der Waals surface area contributed by atoms with Gasteiger partial charge in [0.2, 0.25) is 0 Å². The van der Waals surface area contributed by atoms with Crippen molar-refractivity contribution in [2.75, 3.05) is 13.2 Å². The lowest BCUT2D eigenvalue weighted by molar-refractivity contribution is -0.142. The molecule has 0 saturated heterocycles. The van der Waals surface area contributed by atoms with Gasteiger partial charge in [0.25, 0.3) is 0 Å². The number of unbranched alkanes of at least 4 members (excludes halogenated alkanes) is 30. The minimum Gasteiger partial charge on any atom is -0.465 e. The van der Waals surface area contributed by atoms with Gasteiger partial charge in [-0.05, 0) is 26.7 Å². The van der Waals surface area contributed by atoms with Crippen LogP contribution in [0.2, 0.25) is 0 Å². The first-order valence-corrected chi connectivity index (χ1v) is 22.0. The maximum Gasteiger partial charge on any atom is 0.318 e. The van der Waals surface area contributed by atoms with Crippen molar-refractivity contribution in [3.63, 3.8) is 0 Å². The lowest BCUT2D eigenvalue weighted by Crippen LogP contribution is -2.25. The van der Waals surface area contributed by atoms with Crippen LogP contribution in [0.1, 0.15) is 233 Å². The van der Waals surface area contributed by atoms with Crippen molar-refractivity contribution in [3.8, 4) is 0 Å². The van der Waals surface area contributed by atoms with Crippen LogP contribution in [-0.4, -0.2) is 35.7 Å². The fourth-order valence-electron chi connectivity index (χ4n) is 6.30. The SMILES string of the molecule is CCCCCCCCCCCCCCCCCCOC(=O)[C@H](C)S[C@@H](C)C(=O)OCCCCCCCCCCCCCCCCCC. The van der Waals surface area contributed by atoms with E-state index in [1.165, 1.54) is 192 Å². The molecule has 0 aromatic heterocycles. The summed E-state index contributed by atoms with van der Waals surface area (Å²) in [5, 5.41) is -0.705. The summed E-state index contributed by atoms with van der Waals surface area (Å²) >= 11 is 1.35. The molecule has 0 radical (unpaired) electrons. The number of thioether (sulfide) groups is 1. The molecule has 0 rings (SSSR count). The van der Waals surface area contributed by atoms with Crippen LogP contribution in [0.5, 0.6) is 0 Å². The molecule has 0 aromatic carbocycles. The fraction of sp³-hybridized carbons (Fsp3) is 0.952. The fourth-order valence-corrected chi connectivity index (χ4v) is 7.27. The second-order valence-corrected chi connectivity index (χ2v) is 16.0. The molecule has 0 amide bonds. The quantitative estimate of drug-likeness (QED) is 0.0479. The monoisotopic (exact) mass is 683 g/mol. The molecule has 5 heteroatoms. The molecule has 0 N–H and O–H groups in total. The highest BCUT2D eigenvalue weighted by Gasteiger charge is 2.23. The van der Waals surface area contributed by atoms with Gasteiger partial charge in [-0.15, -0.1) is 11.8 Å². The number of carbonyl (C=O) groups excluding carboxylic acids is 2. The van der Waals surface area contributed by atoms with E-state index in [9.17, 15) is 9.59 Å². The van der Waals surface area contributed by atoms with Crippen LogP contribution in [0.15, 0.2) is 0 Å². The van der Waals surface area contributed by atoms with E-state index in [4.69, 9.17) is 9.47 Å². The summed E-state index contributed by atoms with van der Waals surface area (Å²) in [5.74, 6) is -0.429. The third kappa shape index (κ3) is 34.9. The van der Waals surface area contributed by atoms with Crippen LogP contribution in [-0.2, 0) is 19.1 Å². The second kappa shape index (κ2) is 38.1. The normalized spacial score (nSPS) is 12.7. The molecule has 0 bridgehead atoms. The van der Waals surface area contributed by atoms with Crippen molar-refractivity contribution < 1.29 is 19.1 Å². The van der Waals surface area contributed by atoms with Crippen molar-refractivity contribution >= 4 is 23.7 Å². The standard InChI is InChI=1S/C42H82O4S/c1-5-7-9-11-13-15-17-19-21-23-25-27-29-31-33-35-37-45-41(43)39(3)47-40(4)42(44)46-38-36-34-32-30-28-26-24-22-20-18-16-14-12-10-8-6-2/h39-40H,5-38H2,1-4H3/t39-,40-/m0/s1. The number of ether oxygens (including phenoxy) is 2. The molecule has 47 heavy (non-hydrogen) atoms. The zero-order valence-electron chi connectivity index (χ0n) is 32.2. The molecular formula is C42H82O4S. The van der Waals surface area contributed by atoms with Gasteiger partial charge < -0.3 is 9.47 Å². The Morgan fingerprint density at radius 1 is 0.362 bits per heavy atom. The third-order valence-electron chi connectivity index (χ3n) is 9.56. The highest BCUT2D eigenvalue weighted by Crippen LogP contribution is 2.21. The van der Waals surface area contributed by atoms with E-state index >= 15 is 0 Å². The number of hydrogen-bond acceptors (Lipinski definition) is 5. The van der Waals surface area contributed by atoms with E-state index < -0.39 is 0 Å². The molecule has 0 heterocycles. The summed E-state index contributed by atoms with van der Waals surface area (Å²) in [7, 11) is 0. The Morgan fingerprint density at radius 3 is 0.766 bits per heavy atom. The maximum atomic E-state index is 12.4. The third-order valence-corrected chi connectivity index (χ3v) is 10.8. The predicted octanol–water partition coefficient (Wildman–Crippen LogP) is 14.1. The van der Waals surface area contributed by atoms with Crippen molar-refractivity contribution in [1.29, 1.82) is 0 Å². The van der Waals surface area contributed by atoms with Crippen molar-refractivity contribution in [3.05, 3.63) is 0 Å². The number of hydrogen-bond donors (Lipinski definition) is 0. The zero-order valence-corrected chi connectivity index (χ0v) is 33.1. The van der Waals surface area contributed by atoms with Gasteiger partial charge in [0.15, 0.2) is 0 Å². The first kappa shape index (κ1) is 46.3. The summed E-state index contributed by atoms with van der Waals surface area (Å²) in [4.78, 5) is 24.8. The average molecular weight is 683 g/mol. The van der Waals surface area contributed by atoms with Gasteiger partial charge in [-0.1, -0.05) is 206 Å². The Kier molecular flexibility index (Phi) is 37.5. The van der Waals surface area contributed by atoms with Gasteiger partial charge in [-0.2, -0.15) is 0 Å². The van der Waals surface area contributed by atoms with Crippen LogP contribution in [0, 0.1) is 0 Å². The van der Waals surface area contributed by atoms with Crippen LogP contribution in [0.3, 0.4) is 0 Å². The molecule has 0 spiro atoms. The molecule has 2 atom stereocenters. The van der Waals surface area contributed by atoms with Crippen LogP contribution >= 0.6 is 11.8 Å². The molecule has 4 nitrogen and oxygen atoms in total. The topological polar surface area (TPSA) is 52.6 Å². The van der Waals surface area contributed by atoms with Gasteiger partial charge in [0.1, 0.15) is 10.5 Å². The molecule has 0 aliphatic carbocycles. The summed E-state index contributed by atoms with van der Waals surface area (Å²) in [6.07, 6.45) is 42.7. The Morgan fingerprint density at radius 2 is 0.553 bits per heavy atom. The summed E-state index contributed by atoms with van der Waals surface area (Å²) in [5.41, 5.74) is 0. The largest absolute Gasteiger partial charge is 0.465 e. The van der Waals surface area contributed by atoms with E-state index in [0.717, 1.165) is 25.7 Å². The average Bonchev–Trinajstić information content (AvgIpc) is 3.07. The van der Waals surface area contributed by atoms with Crippen LogP contribution in [0.25, 0.3) is 0 Å². The van der Waals surface area contributed by atoms with E-state index in [2.05, 4.69) is 13.8 Å². The van der Waals surface area contributed by atoms with E-state index in [-0.39, 0.29) is 22.4 Å². The summed E-state index contributed by atoms with van der Waals surface area (Å²) in [6, 6.07) is 0. The van der Waals surface area contributed by atoms with E-state index in [1.807, 2.05) is 13.8 Å². The number of carbonyl (C=O) groups is 2. The molecule has 280 valence electrons. The summed E-state index contributed by atoms with van der Waals surface area (Å²) < 4.78 is 11.0. The number of esters is 2. The van der Waals surface area contributed by atoms with Crippen molar-refractivity contribution in [2.45, 2.75) is 244 Å². The Labute approximate surface area is 298 Å². The van der Waals surface area contributed by atoms with Gasteiger partial charge in [-0.25, -0.2) is 0 Å². The zero-order chi connectivity index (χ0) is 34.5. The lowest BCUT2D eigenvalue weighted by Gasteiger charge is -2.16. The highest BCUT2D eigenvalue weighted by atomic mass is 32.2. The van der Waals surface area contributed by atoms with Crippen molar-refractivity contribution in [1.82, 2.24) is 0 Å².